The Morgan fingerprint density at radius 2 is 2.04 bits per heavy atom. The zero-order valence-electron chi connectivity index (χ0n) is 13.0. The first-order valence-electron chi connectivity index (χ1n) is 6.96. The van der Waals surface area contributed by atoms with E-state index in [9.17, 15) is 22.8 Å². The minimum absolute atomic E-state index is 0.0760. The van der Waals surface area contributed by atoms with Crippen molar-refractivity contribution in [2.24, 2.45) is 0 Å². The average molecular weight is 367 g/mol. The molecule has 1 heterocycles. The molecule has 0 aliphatic heterocycles. The number of urea groups is 1. The Morgan fingerprint density at radius 3 is 2.65 bits per heavy atom. The smallest absolute Gasteiger partial charge is 0.382 e. The van der Waals surface area contributed by atoms with Gasteiger partial charge in [-0.1, -0.05) is 6.07 Å². The molecule has 0 saturated carbocycles. The molecule has 136 valence electrons. The molecular formula is C14H12F3N7O2. The van der Waals surface area contributed by atoms with Crippen LogP contribution in [0.15, 0.2) is 30.5 Å². The number of alkyl halides is 3. The second-order valence-corrected chi connectivity index (χ2v) is 4.89. The third-order valence-electron chi connectivity index (χ3n) is 3.02. The third kappa shape index (κ3) is 4.63. The highest BCUT2D eigenvalue weighted by Crippen LogP contribution is 2.17. The molecule has 0 unspecified atom stereocenters. The SMILES string of the molecule is N#Cc1cnn(-c2cccc(C(=O)NNC(=O)NCC(F)(F)F)c2)c1N. The van der Waals surface area contributed by atoms with E-state index in [0.717, 1.165) is 0 Å². The number of anilines is 1. The van der Waals surface area contributed by atoms with Crippen LogP contribution in [0.2, 0.25) is 0 Å². The van der Waals surface area contributed by atoms with Crippen molar-refractivity contribution >= 4 is 17.8 Å². The van der Waals surface area contributed by atoms with Crippen molar-refractivity contribution in [1.82, 2.24) is 25.9 Å². The largest absolute Gasteiger partial charge is 0.405 e. The number of hydrogen-bond donors (Lipinski definition) is 4. The summed E-state index contributed by atoms with van der Waals surface area (Å²) >= 11 is 0. The molecule has 0 radical (unpaired) electrons. The van der Waals surface area contributed by atoms with Gasteiger partial charge in [0.25, 0.3) is 5.91 Å². The molecule has 1 aromatic heterocycles. The standard InChI is InChI=1S/C14H12F3N7O2/c15-14(16,17)7-20-13(26)23-22-12(25)8-2-1-3-10(4-8)24-11(19)9(5-18)6-21-24/h1-4,6H,7,19H2,(H,22,25)(H2,20,23,26). The molecule has 2 aromatic rings. The third-order valence-corrected chi connectivity index (χ3v) is 3.02. The molecule has 0 atom stereocenters. The summed E-state index contributed by atoms with van der Waals surface area (Å²) in [7, 11) is 0. The molecule has 9 nitrogen and oxygen atoms in total. The van der Waals surface area contributed by atoms with Crippen molar-refractivity contribution in [2.45, 2.75) is 6.18 Å². The highest BCUT2D eigenvalue weighted by atomic mass is 19.4. The van der Waals surface area contributed by atoms with Crippen molar-refractivity contribution in [1.29, 1.82) is 5.26 Å². The molecular weight excluding hydrogens is 355 g/mol. The Kier molecular flexibility index (Phi) is 5.31. The first-order chi connectivity index (χ1) is 12.2. The van der Waals surface area contributed by atoms with Crippen LogP contribution in [0, 0.1) is 11.3 Å². The van der Waals surface area contributed by atoms with Crippen molar-refractivity contribution in [2.75, 3.05) is 12.3 Å². The summed E-state index contributed by atoms with van der Waals surface area (Å²) in [6.07, 6.45) is -3.31. The van der Waals surface area contributed by atoms with Gasteiger partial charge in [-0.2, -0.15) is 23.5 Å². The minimum atomic E-state index is -4.57. The van der Waals surface area contributed by atoms with Gasteiger partial charge in [-0.25, -0.2) is 14.9 Å². The lowest BCUT2D eigenvalue weighted by Crippen LogP contribution is -2.48. The summed E-state index contributed by atoms with van der Waals surface area (Å²) in [4.78, 5) is 23.2. The van der Waals surface area contributed by atoms with Crippen molar-refractivity contribution in [3.63, 3.8) is 0 Å². The van der Waals surface area contributed by atoms with Gasteiger partial charge in [0.1, 0.15) is 24.0 Å². The van der Waals surface area contributed by atoms with Gasteiger partial charge in [-0.3, -0.25) is 10.2 Å². The van der Waals surface area contributed by atoms with E-state index in [1.165, 1.54) is 34.4 Å². The molecule has 5 N–H and O–H groups in total. The highest BCUT2D eigenvalue weighted by Gasteiger charge is 2.27. The fourth-order valence-electron chi connectivity index (χ4n) is 1.84. The molecule has 0 aliphatic carbocycles. The maximum absolute atomic E-state index is 12.0. The lowest BCUT2D eigenvalue weighted by Gasteiger charge is -2.11. The number of carbonyl (C=O) groups excluding carboxylic acids is 2. The van der Waals surface area contributed by atoms with Gasteiger partial charge in [0.2, 0.25) is 0 Å². The summed E-state index contributed by atoms with van der Waals surface area (Å²) in [6, 6.07) is 6.48. The summed E-state index contributed by atoms with van der Waals surface area (Å²) in [6.45, 7) is -1.54. The van der Waals surface area contributed by atoms with Crippen LogP contribution in [0.4, 0.5) is 23.8 Å². The zero-order valence-corrected chi connectivity index (χ0v) is 13.0. The van der Waals surface area contributed by atoms with Gasteiger partial charge in [0.05, 0.1) is 11.9 Å². The van der Waals surface area contributed by atoms with Gasteiger partial charge < -0.3 is 11.1 Å². The van der Waals surface area contributed by atoms with E-state index in [4.69, 9.17) is 11.0 Å². The van der Waals surface area contributed by atoms with E-state index in [1.807, 2.05) is 11.5 Å². The number of hydrogen-bond acceptors (Lipinski definition) is 5. The molecule has 26 heavy (non-hydrogen) atoms. The van der Waals surface area contributed by atoms with Crippen LogP contribution in [-0.2, 0) is 0 Å². The van der Waals surface area contributed by atoms with Crippen molar-refractivity contribution in [3.8, 4) is 11.8 Å². The molecule has 0 saturated heterocycles. The number of nitrogens with one attached hydrogen (secondary N) is 3. The Hall–Kier alpha value is -3.75. The van der Waals surface area contributed by atoms with E-state index in [-0.39, 0.29) is 16.9 Å². The van der Waals surface area contributed by atoms with Crippen molar-refractivity contribution in [3.05, 3.63) is 41.6 Å². The predicted octanol–water partition coefficient (Wildman–Crippen LogP) is 0.832. The molecule has 0 spiro atoms. The maximum atomic E-state index is 12.0. The number of carbonyl (C=O) groups is 2. The number of halogens is 3. The predicted molar refractivity (Wildman–Crippen MR) is 82.7 cm³/mol. The summed E-state index contributed by atoms with van der Waals surface area (Å²) < 4.78 is 37.2. The second-order valence-electron chi connectivity index (χ2n) is 4.89. The van der Waals surface area contributed by atoms with E-state index in [1.54, 1.807) is 11.5 Å². The number of aromatic nitrogens is 2. The number of nitrogens with zero attached hydrogens (tertiary/aromatic N) is 3. The lowest BCUT2D eigenvalue weighted by atomic mass is 10.2. The molecule has 0 bridgehead atoms. The Labute approximate surface area is 144 Å². The fraction of sp³-hybridized carbons (Fsp3) is 0.143. The molecule has 2 rings (SSSR count). The quantitative estimate of drug-likeness (QED) is 0.596. The highest BCUT2D eigenvalue weighted by molar-refractivity contribution is 5.95. The van der Waals surface area contributed by atoms with Crippen LogP contribution in [0.3, 0.4) is 0 Å². The van der Waals surface area contributed by atoms with Crippen molar-refractivity contribution < 1.29 is 22.8 Å². The average Bonchev–Trinajstić information content (AvgIpc) is 2.98. The summed E-state index contributed by atoms with van der Waals surface area (Å²) in [5.41, 5.74) is 10.1. The monoisotopic (exact) mass is 367 g/mol. The number of rotatable bonds is 3. The van der Waals surface area contributed by atoms with Crippen LogP contribution in [0.1, 0.15) is 15.9 Å². The van der Waals surface area contributed by atoms with Crippen LogP contribution < -0.4 is 21.9 Å². The van der Waals surface area contributed by atoms with E-state index in [0.29, 0.717) is 5.69 Å². The zero-order chi connectivity index (χ0) is 19.3. The fourth-order valence-corrected chi connectivity index (χ4v) is 1.84. The van der Waals surface area contributed by atoms with E-state index < -0.39 is 24.7 Å². The minimum Gasteiger partial charge on any atom is -0.382 e. The van der Waals surface area contributed by atoms with E-state index >= 15 is 0 Å². The first-order valence-corrected chi connectivity index (χ1v) is 6.96. The molecule has 12 heteroatoms. The molecule has 0 aliphatic rings. The number of nitrogen functional groups attached to an aromatic ring is 1. The number of hydrazine groups is 1. The number of nitrogens with two attached hydrogens (primary N) is 1. The topological polar surface area (TPSA) is 138 Å². The molecule has 1 aromatic carbocycles. The first kappa shape index (κ1) is 18.6. The van der Waals surface area contributed by atoms with Crippen LogP contribution in [0.25, 0.3) is 5.69 Å². The van der Waals surface area contributed by atoms with Gasteiger partial charge in [-0.05, 0) is 18.2 Å². The second kappa shape index (κ2) is 7.43. The van der Waals surface area contributed by atoms with Gasteiger partial charge in [0, 0.05) is 5.56 Å². The molecule has 0 fully saturated rings. The number of amides is 3. The Bertz CT molecular complexity index is 870. The number of benzene rings is 1. The normalized spacial score (nSPS) is 10.7. The van der Waals surface area contributed by atoms with Crippen LogP contribution in [0.5, 0.6) is 0 Å². The van der Waals surface area contributed by atoms with Crippen LogP contribution in [-0.4, -0.2) is 34.4 Å². The van der Waals surface area contributed by atoms with Gasteiger partial charge >= 0.3 is 12.2 Å². The number of nitriles is 1. The van der Waals surface area contributed by atoms with Gasteiger partial charge in [0.15, 0.2) is 0 Å². The van der Waals surface area contributed by atoms with E-state index in [2.05, 4.69) is 5.10 Å². The van der Waals surface area contributed by atoms with Gasteiger partial charge in [-0.15, -0.1) is 0 Å². The Balaban J connectivity index is 2.03. The van der Waals surface area contributed by atoms with Crippen LogP contribution >= 0.6 is 0 Å². The Morgan fingerprint density at radius 1 is 1.31 bits per heavy atom. The molecule has 3 amide bonds. The summed E-state index contributed by atoms with van der Waals surface area (Å²) in [5, 5.41) is 14.3. The lowest BCUT2D eigenvalue weighted by molar-refractivity contribution is -0.122. The summed E-state index contributed by atoms with van der Waals surface area (Å²) in [5.74, 6) is -0.699. The maximum Gasteiger partial charge on any atom is 0.405 e.